The van der Waals surface area contributed by atoms with E-state index < -0.39 is 6.17 Å². The lowest BCUT2D eigenvalue weighted by Gasteiger charge is -2.29. The van der Waals surface area contributed by atoms with Crippen LogP contribution in [0.15, 0.2) is 133 Å². The van der Waals surface area contributed by atoms with E-state index in [1.807, 2.05) is 53.8 Å². The summed E-state index contributed by atoms with van der Waals surface area (Å²) in [6.45, 7) is 0. The second-order valence-electron chi connectivity index (χ2n) is 11.2. The van der Waals surface area contributed by atoms with Gasteiger partial charge in [-0.1, -0.05) is 103 Å². The lowest BCUT2D eigenvalue weighted by Crippen LogP contribution is -2.27. The highest BCUT2D eigenvalue weighted by Gasteiger charge is 2.29. The van der Waals surface area contributed by atoms with Crippen molar-refractivity contribution in [1.29, 1.82) is 5.26 Å². The number of rotatable bonds is 5. The van der Waals surface area contributed by atoms with Crippen LogP contribution < -0.4 is 11.5 Å². The monoisotopic (exact) mass is 584 g/mol. The minimum Gasteiger partial charge on any atom is -0.398 e. The van der Waals surface area contributed by atoms with Gasteiger partial charge in [0, 0.05) is 37.9 Å². The number of anilines is 1. The fourth-order valence-electron chi connectivity index (χ4n) is 6.70. The number of nitrogens with two attached hydrogens (primary N) is 2. The van der Waals surface area contributed by atoms with E-state index in [-0.39, 0.29) is 5.92 Å². The van der Waals surface area contributed by atoms with Crippen LogP contribution in [0, 0.1) is 11.3 Å². The van der Waals surface area contributed by atoms with Gasteiger partial charge in [-0.25, -0.2) is 0 Å². The summed E-state index contributed by atoms with van der Waals surface area (Å²) in [7, 11) is 0. The predicted octanol–water partition coefficient (Wildman–Crippen LogP) is 9.57. The molecule has 4 N–H and O–H groups in total. The molecule has 8 aromatic rings. The number of hydrogen-bond donors (Lipinski definition) is 2. The number of fused-ring (bicyclic) bond motifs is 7. The first-order valence-corrected chi connectivity index (χ1v) is 15.5. The topological polar surface area (TPSA) is 80.8 Å². The molecule has 0 amide bonds. The van der Waals surface area contributed by atoms with Gasteiger partial charge >= 0.3 is 0 Å². The van der Waals surface area contributed by atoms with Crippen molar-refractivity contribution in [3.05, 3.63) is 150 Å². The first-order valence-electron chi connectivity index (χ1n) is 14.7. The van der Waals surface area contributed by atoms with Gasteiger partial charge in [0.1, 0.15) is 0 Å². The van der Waals surface area contributed by atoms with E-state index >= 15 is 0 Å². The van der Waals surface area contributed by atoms with E-state index in [0.717, 1.165) is 39.0 Å². The third kappa shape index (κ3) is 4.08. The number of nitriles is 1. The third-order valence-corrected chi connectivity index (χ3v) is 10.00. The Morgan fingerprint density at radius 3 is 2.02 bits per heavy atom. The summed E-state index contributed by atoms with van der Waals surface area (Å²) < 4.78 is 4.85. The zero-order chi connectivity index (χ0) is 29.8. The number of benzene rings is 6. The number of para-hydroxylation sites is 2. The van der Waals surface area contributed by atoms with E-state index in [0.29, 0.717) is 5.56 Å². The molecule has 0 saturated heterocycles. The second-order valence-corrected chi connectivity index (χ2v) is 12.3. The Bertz CT molecular complexity index is 2370. The molecule has 8 rings (SSSR count). The van der Waals surface area contributed by atoms with E-state index in [1.165, 1.54) is 30.9 Å². The maximum atomic E-state index is 9.21. The Hall–Kier alpha value is -5.41. The van der Waals surface area contributed by atoms with Crippen molar-refractivity contribution in [3.8, 4) is 17.2 Å². The Kier molecular flexibility index (Phi) is 6.20. The summed E-state index contributed by atoms with van der Waals surface area (Å²) in [5.74, 6) is -0.213. The maximum Gasteiger partial charge on any atom is 0.0991 e. The maximum absolute atomic E-state index is 9.21. The van der Waals surface area contributed by atoms with Crippen LogP contribution in [0.1, 0.15) is 28.8 Å². The molecule has 0 aliphatic heterocycles. The van der Waals surface area contributed by atoms with Crippen molar-refractivity contribution in [3.63, 3.8) is 0 Å². The Labute approximate surface area is 259 Å². The van der Waals surface area contributed by atoms with E-state index in [9.17, 15) is 5.26 Å². The highest BCUT2D eigenvalue weighted by atomic mass is 32.1. The highest BCUT2D eigenvalue weighted by Crippen LogP contribution is 2.45. The predicted molar refractivity (Wildman–Crippen MR) is 185 cm³/mol. The molecule has 0 radical (unpaired) electrons. The molecule has 1 unspecified atom stereocenters. The molecule has 2 aromatic heterocycles. The molecule has 0 aliphatic carbocycles. The molecule has 0 saturated carbocycles. The molecular weight excluding hydrogens is 557 g/mol. The van der Waals surface area contributed by atoms with Crippen molar-refractivity contribution in [2.75, 3.05) is 5.73 Å². The standard InChI is InChI=1S/C39H28N4S/c40-23-24-13-15-25(16-14-24)26-17-19-27(20-18-26)36(32-9-1-4-10-33(32)41)39(42)43-34-11-5-2-7-28(34)30-21-22-31-29-8-3-6-12-35(29)44-38(31)37(30)43/h1-22,36,39H,41-42H2/t36?,39-/m1/s1. The fourth-order valence-corrected chi connectivity index (χ4v) is 7.94. The Morgan fingerprint density at radius 1 is 0.636 bits per heavy atom. The van der Waals surface area contributed by atoms with Gasteiger partial charge in [-0.15, -0.1) is 11.3 Å². The number of nitrogens with zero attached hydrogens (tertiary/aromatic N) is 2. The average molecular weight is 585 g/mol. The van der Waals surface area contributed by atoms with Crippen molar-refractivity contribution in [1.82, 2.24) is 4.57 Å². The first kappa shape index (κ1) is 26.2. The van der Waals surface area contributed by atoms with Gasteiger partial charge in [0.25, 0.3) is 0 Å². The van der Waals surface area contributed by atoms with Gasteiger partial charge in [-0.2, -0.15) is 5.26 Å². The lowest BCUT2D eigenvalue weighted by atomic mass is 9.86. The van der Waals surface area contributed by atoms with Gasteiger partial charge < -0.3 is 16.0 Å². The molecule has 2 atom stereocenters. The van der Waals surface area contributed by atoms with Crippen LogP contribution in [0.5, 0.6) is 0 Å². The smallest absolute Gasteiger partial charge is 0.0991 e. The third-order valence-electron chi connectivity index (χ3n) is 8.80. The summed E-state index contributed by atoms with van der Waals surface area (Å²) >= 11 is 1.83. The molecule has 6 aromatic carbocycles. The molecule has 2 heterocycles. The SMILES string of the molecule is N#Cc1ccc(-c2ccc(C(c3ccccc3N)[C@H](N)n3c4ccccc4c4ccc5c6ccccc6sc5c43)cc2)cc1. The van der Waals surface area contributed by atoms with Crippen molar-refractivity contribution in [2.45, 2.75) is 12.1 Å². The van der Waals surface area contributed by atoms with Crippen LogP contribution in [-0.2, 0) is 0 Å². The van der Waals surface area contributed by atoms with Crippen LogP contribution in [0.25, 0.3) is 53.1 Å². The van der Waals surface area contributed by atoms with E-state index in [2.05, 4.69) is 102 Å². The Balaban J connectivity index is 1.36. The normalized spacial score (nSPS) is 13.0. The molecular formula is C39H28N4S. The quantitative estimate of drug-likeness (QED) is 0.198. The minimum absolute atomic E-state index is 0.213. The van der Waals surface area contributed by atoms with Crippen LogP contribution in [0.2, 0.25) is 0 Å². The molecule has 0 spiro atoms. The first-order chi connectivity index (χ1) is 21.6. The van der Waals surface area contributed by atoms with Crippen molar-refractivity contribution >= 4 is 59.0 Å². The van der Waals surface area contributed by atoms with Gasteiger partial charge in [-0.3, -0.25) is 0 Å². The average Bonchev–Trinajstić information content (AvgIpc) is 3.62. The highest BCUT2D eigenvalue weighted by molar-refractivity contribution is 7.26. The lowest BCUT2D eigenvalue weighted by molar-refractivity contribution is 0.493. The Morgan fingerprint density at radius 2 is 1.27 bits per heavy atom. The van der Waals surface area contributed by atoms with Gasteiger partial charge in [-0.05, 0) is 52.6 Å². The largest absolute Gasteiger partial charge is 0.398 e. The minimum atomic E-state index is -0.446. The van der Waals surface area contributed by atoms with Crippen molar-refractivity contribution in [2.24, 2.45) is 5.73 Å². The number of hydrogen-bond acceptors (Lipinski definition) is 4. The molecule has 0 fully saturated rings. The summed E-state index contributed by atoms with van der Waals surface area (Å²) in [4.78, 5) is 0. The molecule has 4 nitrogen and oxygen atoms in total. The molecule has 44 heavy (non-hydrogen) atoms. The number of thiophene rings is 1. The summed E-state index contributed by atoms with van der Waals surface area (Å²) in [5, 5.41) is 14.1. The van der Waals surface area contributed by atoms with Crippen LogP contribution in [0.4, 0.5) is 5.69 Å². The molecule has 5 heteroatoms. The van der Waals surface area contributed by atoms with Crippen LogP contribution >= 0.6 is 11.3 Å². The summed E-state index contributed by atoms with van der Waals surface area (Å²) in [6.07, 6.45) is -0.446. The van der Waals surface area contributed by atoms with Crippen LogP contribution in [0.3, 0.4) is 0 Å². The van der Waals surface area contributed by atoms with Gasteiger partial charge in [0.2, 0.25) is 0 Å². The number of nitrogen functional groups attached to an aromatic ring is 1. The van der Waals surface area contributed by atoms with Crippen LogP contribution in [-0.4, -0.2) is 4.57 Å². The molecule has 0 bridgehead atoms. The summed E-state index contributed by atoms with van der Waals surface area (Å²) in [5.41, 5.74) is 22.0. The zero-order valence-electron chi connectivity index (χ0n) is 23.8. The van der Waals surface area contributed by atoms with Gasteiger partial charge in [0.05, 0.1) is 33.5 Å². The number of aromatic nitrogens is 1. The molecule has 0 aliphatic rings. The van der Waals surface area contributed by atoms with E-state index in [1.54, 1.807) is 0 Å². The van der Waals surface area contributed by atoms with Gasteiger partial charge in [0.15, 0.2) is 0 Å². The fraction of sp³-hybridized carbons (Fsp3) is 0.0513. The molecule has 210 valence electrons. The van der Waals surface area contributed by atoms with E-state index in [4.69, 9.17) is 11.5 Å². The zero-order valence-corrected chi connectivity index (χ0v) is 24.6. The van der Waals surface area contributed by atoms with Crippen molar-refractivity contribution < 1.29 is 0 Å². The second kappa shape index (κ2) is 10.4. The summed E-state index contributed by atoms with van der Waals surface area (Å²) in [6, 6.07) is 48.2.